The van der Waals surface area contributed by atoms with Gasteiger partial charge in [0.05, 0.1) is 6.04 Å². The van der Waals surface area contributed by atoms with Crippen LogP contribution in [0, 0.1) is 13.8 Å². The number of hydrogen-bond acceptors (Lipinski definition) is 4. The lowest BCUT2D eigenvalue weighted by Crippen LogP contribution is -2.08. The van der Waals surface area contributed by atoms with Gasteiger partial charge in [-0.2, -0.15) is 0 Å². The van der Waals surface area contributed by atoms with Gasteiger partial charge in [-0.05, 0) is 37.5 Å². The van der Waals surface area contributed by atoms with Gasteiger partial charge in [-0.3, -0.25) is 0 Å². The van der Waals surface area contributed by atoms with Crippen LogP contribution in [0.3, 0.4) is 0 Å². The molecule has 0 bridgehead atoms. The zero-order valence-corrected chi connectivity index (χ0v) is 10.4. The number of nitrogens with zero attached hydrogens (tertiary/aromatic N) is 2. The lowest BCUT2D eigenvalue weighted by Gasteiger charge is -2.04. The number of aryl methyl sites for hydroxylation is 1. The molecule has 0 amide bonds. The van der Waals surface area contributed by atoms with Crippen LogP contribution in [0.25, 0.3) is 11.5 Å². The van der Waals surface area contributed by atoms with Crippen molar-refractivity contribution in [1.29, 1.82) is 0 Å². The molecule has 2 rings (SSSR count). The Hall–Kier alpha value is -1.68. The normalized spacial score (nSPS) is 12.7. The number of nitrogens with two attached hydrogens (primary N) is 1. The fourth-order valence-corrected chi connectivity index (χ4v) is 1.65. The predicted octanol–water partition coefficient (Wildman–Crippen LogP) is 2.76. The lowest BCUT2D eigenvalue weighted by atomic mass is 10.0. The number of aromatic nitrogens is 2. The number of benzene rings is 1. The molecule has 0 radical (unpaired) electrons. The van der Waals surface area contributed by atoms with Crippen LogP contribution in [0.2, 0.25) is 0 Å². The highest BCUT2D eigenvalue weighted by Gasteiger charge is 2.15. The fourth-order valence-electron chi connectivity index (χ4n) is 1.65. The van der Waals surface area contributed by atoms with Crippen LogP contribution in [0.1, 0.15) is 36.4 Å². The van der Waals surface area contributed by atoms with Crippen LogP contribution in [0.4, 0.5) is 0 Å². The van der Waals surface area contributed by atoms with Crippen LogP contribution >= 0.6 is 0 Å². The van der Waals surface area contributed by atoms with E-state index in [9.17, 15) is 0 Å². The van der Waals surface area contributed by atoms with E-state index in [1.165, 1.54) is 5.56 Å². The van der Waals surface area contributed by atoms with Crippen molar-refractivity contribution in [3.05, 3.63) is 35.2 Å². The highest BCUT2D eigenvalue weighted by atomic mass is 16.4. The first-order valence-electron chi connectivity index (χ1n) is 5.79. The van der Waals surface area contributed by atoms with Crippen LogP contribution in [0.15, 0.2) is 22.6 Å². The molecule has 0 aliphatic rings. The van der Waals surface area contributed by atoms with E-state index in [2.05, 4.69) is 23.2 Å². The zero-order chi connectivity index (χ0) is 12.4. The van der Waals surface area contributed by atoms with Gasteiger partial charge in [0, 0.05) is 5.56 Å². The van der Waals surface area contributed by atoms with Gasteiger partial charge in [-0.15, -0.1) is 10.2 Å². The summed E-state index contributed by atoms with van der Waals surface area (Å²) in [6.07, 6.45) is 0.786. The number of rotatable bonds is 3. The van der Waals surface area contributed by atoms with E-state index in [-0.39, 0.29) is 6.04 Å². The van der Waals surface area contributed by atoms with E-state index < -0.39 is 0 Å². The Labute approximate surface area is 101 Å². The standard InChI is InChI=1S/C13H17N3O/c1-4-11(14)13-16-15-12(17-13)10-7-5-6-8(2)9(10)3/h5-7,11H,4,14H2,1-3H3. The second-order valence-electron chi connectivity index (χ2n) is 4.21. The molecule has 4 nitrogen and oxygen atoms in total. The third-order valence-electron chi connectivity index (χ3n) is 3.03. The Morgan fingerprint density at radius 3 is 2.76 bits per heavy atom. The van der Waals surface area contributed by atoms with Gasteiger partial charge in [-0.1, -0.05) is 19.1 Å². The zero-order valence-electron chi connectivity index (χ0n) is 10.4. The minimum absolute atomic E-state index is 0.179. The minimum atomic E-state index is -0.179. The molecular weight excluding hydrogens is 214 g/mol. The molecular formula is C13H17N3O. The van der Waals surface area contributed by atoms with E-state index in [1.807, 2.05) is 26.0 Å². The van der Waals surface area contributed by atoms with E-state index >= 15 is 0 Å². The smallest absolute Gasteiger partial charge is 0.248 e. The average molecular weight is 231 g/mol. The highest BCUT2D eigenvalue weighted by Crippen LogP contribution is 2.25. The number of hydrogen-bond donors (Lipinski definition) is 1. The van der Waals surface area contributed by atoms with Crippen LogP contribution in [-0.4, -0.2) is 10.2 Å². The molecule has 0 saturated heterocycles. The molecule has 1 unspecified atom stereocenters. The largest absolute Gasteiger partial charge is 0.419 e. The summed E-state index contributed by atoms with van der Waals surface area (Å²) in [6, 6.07) is 5.85. The third-order valence-corrected chi connectivity index (χ3v) is 3.03. The molecule has 0 saturated carbocycles. The first-order chi connectivity index (χ1) is 8.13. The Bertz CT molecular complexity index is 519. The lowest BCUT2D eigenvalue weighted by molar-refractivity contribution is 0.452. The van der Waals surface area contributed by atoms with Gasteiger partial charge in [0.25, 0.3) is 0 Å². The van der Waals surface area contributed by atoms with Gasteiger partial charge in [0.2, 0.25) is 11.8 Å². The molecule has 0 aliphatic carbocycles. The second-order valence-corrected chi connectivity index (χ2v) is 4.21. The summed E-state index contributed by atoms with van der Waals surface area (Å²) in [6.45, 7) is 6.11. The quantitative estimate of drug-likeness (QED) is 0.882. The molecule has 1 aromatic carbocycles. The van der Waals surface area contributed by atoms with Crippen LogP contribution in [-0.2, 0) is 0 Å². The molecule has 0 aliphatic heterocycles. The molecule has 0 fully saturated rings. The second kappa shape index (κ2) is 4.67. The monoisotopic (exact) mass is 231 g/mol. The van der Waals surface area contributed by atoms with Gasteiger partial charge in [0.15, 0.2) is 0 Å². The molecule has 1 aromatic heterocycles. The average Bonchev–Trinajstić information content (AvgIpc) is 2.81. The molecule has 1 heterocycles. The van der Waals surface area contributed by atoms with E-state index in [0.29, 0.717) is 11.8 Å². The molecule has 2 aromatic rings. The predicted molar refractivity (Wildman–Crippen MR) is 66.4 cm³/mol. The van der Waals surface area contributed by atoms with Gasteiger partial charge >= 0.3 is 0 Å². The van der Waals surface area contributed by atoms with Gasteiger partial charge < -0.3 is 10.2 Å². The van der Waals surface area contributed by atoms with Crippen LogP contribution in [0.5, 0.6) is 0 Å². The highest BCUT2D eigenvalue weighted by molar-refractivity contribution is 5.59. The van der Waals surface area contributed by atoms with Gasteiger partial charge in [0.1, 0.15) is 0 Å². The summed E-state index contributed by atoms with van der Waals surface area (Å²) < 4.78 is 5.61. The molecule has 2 N–H and O–H groups in total. The topological polar surface area (TPSA) is 64.9 Å². The summed E-state index contributed by atoms with van der Waals surface area (Å²) in [7, 11) is 0. The fraction of sp³-hybridized carbons (Fsp3) is 0.385. The van der Waals surface area contributed by atoms with E-state index in [1.54, 1.807) is 0 Å². The van der Waals surface area contributed by atoms with E-state index in [4.69, 9.17) is 10.2 Å². The summed E-state index contributed by atoms with van der Waals surface area (Å²) in [5, 5.41) is 8.05. The summed E-state index contributed by atoms with van der Waals surface area (Å²) in [4.78, 5) is 0. The van der Waals surface area contributed by atoms with Crippen molar-refractivity contribution in [3.63, 3.8) is 0 Å². The summed E-state index contributed by atoms with van der Waals surface area (Å²) in [5.41, 5.74) is 9.21. The van der Waals surface area contributed by atoms with Crippen molar-refractivity contribution >= 4 is 0 Å². The van der Waals surface area contributed by atoms with Crippen molar-refractivity contribution in [2.45, 2.75) is 33.2 Å². The van der Waals surface area contributed by atoms with Crippen molar-refractivity contribution in [1.82, 2.24) is 10.2 Å². The van der Waals surface area contributed by atoms with E-state index in [0.717, 1.165) is 17.5 Å². The molecule has 1 atom stereocenters. The Morgan fingerprint density at radius 1 is 1.29 bits per heavy atom. The van der Waals surface area contributed by atoms with Crippen molar-refractivity contribution in [2.75, 3.05) is 0 Å². The Balaban J connectivity index is 2.40. The maximum absolute atomic E-state index is 5.86. The Morgan fingerprint density at radius 2 is 2.06 bits per heavy atom. The summed E-state index contributed by atoms with van der Waals surface area (Å²) in [5.74, 6) is 1.05. The third kappa shape index (κ3) is 2.22. The van der Waals surface area contributed by atoms with Crippen molar-refractivity contribution in [2.24, 2.45) is 5.73 Å². The first-order valence-corrected chi connectivity index (χ1v) is 5.79. The maximum Gasteiger partial charge on any atom is 0.248 e. The van der Waals surface area contributed by atoms with Crippen molar-refractivity contribution in [3.8, 4) is 11.5 Å². The molecule has 17 heavy (non-hydrogen) atoms. The minimum Gasteiger partial charge on any atom is -0.419 e. The van der Waals surface area contributed by atoms with Gasteiger partial charge in [-0.25, -0.2) is 0 Å². The Kier molecular flexibility index (Phi) is 3.24. The maximum atomic E-state index is 5.86. The SMILES string of the molecule is CCC(N)c1nnc(-c2cccc(C)c2C)o1. The summed E-state index contributed by atoms with van der Waals surface area (Å²) >= 11 is 0. The first kappa shape index (κ1) is 11.8. The molecule has 90 valence electrons. The van der Waals surface area contributed by atoms with Crippen LogP contribution < -0.4 is 5.73 Å². The molecule has 4 heteroatoms. The van der Waals surface area contributed by atoms with Crippen molar-refractivity contribution < 1.29 is 4.42 Å². The molecule has 0 spiro atoms.